The van der Waals surface area contributed by atoms with Crippen LogP contribution in [0.25, 0.3) is 0 Å². The zero-order chi connectivity index (χ0) is 19.3. The summed E-state index contributed by atoms with van der Waals surface area (Å²) in [4.78, 5) is 0. The first-order valence-electron chi connectivity index (χ1n) is 7.54. The van der Waals surface area contributed by atoms with Crippen LogP contribution in [0.15, 0.2) is 5.10 Å². The number of sulfone groups is 1. The fourth-order valence-corrected chi connectivity index (χ4v) is 4.76. The molecule has 13 heteroatoms. The lowest BCUT2D eigenvalue weighted by molar-refractivity contribution is -0.147. The highest BCUT2D eigenvalue weighted by Gasteiger charge is 2.37. The van der Waals surface area contributed by atoms with Crippen LogP contribution in [-0.2, 0) is 16.0 Å². The number of aromatic nitrogens is 5. The quantitative estimate of drug-likeness (QED) is 0.619. The lowest BCUT2D eigenvalue weighted by Gasteiger charge is -2.10. The number of hydrogen-bond donors (Lipinski definition) is 1. The Morgan fingerprint density at radius 2 is 2.08 bits per heavy atom. The number of hydrogen-bond acceptors (Lipinski definition) is 6. The van der Waals surface area contributed by atoms with Crippen molar-refractivity contribution in [3.8, 4) is 0 Å². The number of alkyl halides is 3. The molecule has 1 fully saturated rings. The first-order chi connectivity index (χ1) is 12.0. The van der Waals surface area contributed by atoms with Crippen LogP contribution in [0.3, 0.4) is 0 Å². The second kappa shape index (κ2) is 6.30. The molecule has 142 valence electrons. The molecule has 1 saturated heterocycles. The Balaban J connectivity index is 1.97. The SMILES string of the molecule is Cc1nn([C@H]2CCS(=O)(=O)C2)c(C)c1/C=N\n1c(C(F)(F)F)n[nH]c1=S. The fraction of sp³-hybridized carbons (Fsp3) is 0.538. The van der Waals surface area contributed by atoms with Gasteiger partial charge in [-0.1, -0.05) is 0 Å². The van der Waals surface area contributed by atoms with Crippen molar-refractivity contribution in [2.75, 3.05) is 11.5 Å². The van der Waals surface area contributed by atoms with Gasteiger partial charge in [0.15, 0.2) is 9.84 Å². The Kier molecular flexibility index (Phi) is 4.55. The minimum absolute atomic E-state index is 0.00342. The van der Waals surface area contributed by atoms with E-state index in [4.69, 9.17) is 12.2 Å². The number of H-pyrrole nitrogens is 1. The minimum atomic E-state index is -4.71. The van der Waals surface area contributed by atoms with Crippen molar-refractivity contribution < 1.29 is 21.6 Å². The normalized spacial score (nSPS) is 20.3. The van der Waals surface area contributed by atoms with Crippen molar-refractivity contribution in [1.29, 1.82) is 0 Å². The summed E-state index contributed by atoms with van der Waals surface area (Å²) in [7, 11) is -3.09. The van der Waals surface area contributed by atoms with Gasteiger partial charge in [0, 0.05) is 11.3 Å². The topological polar surface area (TPSA) is 97.9 Å². The van der Waals surface area contributed by atoms with E-state index in [1.807, 2.05) is 0 Å². The van der Waals surface area contributed by atoms with E-state index in [2.05, 4.69) is 20.4 Å². The van der Waals surface area contributed by atoms with Crippen molar-refractivity contribution >= 4 is 28.3 Å². The zero-order valence-electron chi connectivity index (χ0n) is 13.8. The average Bonchev–Trinajstić information content (AvgIpc) is 3.14. The highest BCUT2D eigenvalue weighted by molar-refractivity contribution is 7.91. The molecule has 2 aromatic rings. The van der Waals surface area contributed by atoms with Crippen molar-refractivity contribution in [3.05, 3.63) is 27.5 Å². The van der Waals surface area contributed by atoms with Gasteiger partial charge < -0.3 is 0 Å². The lowest BCUT2D eigenvalue weighted by Crippen LogP contribution is -2.14. The zero-order valence-corrected chi connectivity index (χ0v) is 15.4. The fourth-order valence-electron chi connectivity index (χ4n) is 2.88. The Morgan fingerprint density at radius 3 is 2.65 bits per heavy atom. The summed E-state index contributed by atoms with van der Waals surface area (Å²) in [5.74, 6) is -1.17. The predicted octanol–water partition coefficient (Wildman–Crippen LogP) is 2.01. The van der Waals surface area contributed by atoms with Crippen LogP contribution in [0.4, 0.5) is 13.2 Å². The Labute approximate surface area is 151 Å². The van der Waals surface area contributed by atoms with E-state index >= 15 is 0 Å². The molecule has 3 rings (SSSR count). The molecule has 0 saturated carbocycles. The standard InChI is InChI=1S/C13H15F3N6O2S2/c1-7-10(5-17-22-11(13(14,15)16)18-19-12(22)25)8(2)21(20-7)9-3-4-26(23,24)6-9/h5,9H,3-4,6H2,1-2H3,(H,19,25)/b17-5-/t9-/m0/s1. The van der Waals surface area contributed by atoms with Gasteiger partial charge in [0.05, 0.1) is 29.5 Å². The van der Waals surface area contributed by atoms with E-state index in [1.165, 1.54) is 6.21 Å². The summed E-state index contributed by atoms with van der Waals surface area (Å²) in [5.41, 5.74) is 1.65. The highest BCUT2D eigenvalue weighted by atomic mass is 32.2. The molecule has 1 atom stereocenters. The molecular formula is C13H15F3N6O2S2. The summed E-state index contributed by atoms with van der Waals surface area (Å²) in [6, 6.07) is -0.289. The molecule has 8 nitrogen and oxygen atoms in total. The van der Waals surface area contributed by atoms with Gasteiger partial charge in [-0.05, 0) is 32.5 Å². The summed E-state index contributed by atoms with van der Waals surface area (Å²) in [6.45, 7) is 3.39. The second-order valence-corrected chi connectivity index (χ2v) is 8.61. The number of halogens is 3. The molecule has 2 aromatic heterocycles. The number of rotatable bonds is 3. The van der Waals surface area contributed by atoms with Crippen molar-refractivity contribution in [2.45, 2.75) is 32.5 Å². The Hall–Kier alpha value is -2.02. The predicted molar refractivity (Wildman–Crippen MR) is 89.4 cm³/mol. The number of aromatic amines is 1. The molecule has 0 spiro atoms. The third kappa shape index (κ3) is 3.45. The molecule has 0 bridgehead atoms. The molecule has 1 N–H and O–H groups in total. The first-order valence-corrected chi connectivity index (χ1v) is 9.77. The van der Waals surface area contributed by atoms with E-state index < -0.39 is 21.8 Å². The smallest absolute Gasteiger partial charge is 0.265 e. The van der Waals surface area contributed by atoms with Gasteiger partial charge in [-0.2, -0.15) is 28.0 Å². The van der Waals surface area contributed by atoms with E-state index in [9.17, 15) is 21.6 Å². The van der Waals surface area contributed by atoms with Gasteiger partial charge in [0.2, 0.25) is 4.77 Å². The third-order valence-electron chi connectivity index (χ3n) is 4.14. The lowest BCUT2D eigenvalue weighted by atomic mass is 10.2. The summed E-state index contributed by atoms with van der Waals surface area (Å²) in [6.07, 6.45) is -3.04. The average molecular weight is 408 g/mol. The van der Waals surface area contributed by atoms with Crippen molar-refractivity contribution in [3.63, 3.8) is 0 Å². The van der Waals surface area contributed by atoms with E-state index in [0.29, 0.717) is 28.0 Å². The number of nitrogens with zero attached hydrogens (tertiary/aromatic N) is 5. The van der Waals surface area contributed by atoms with Crippen LogP contribution < -0.4 is 0 Å². The van der Waals surface area contributed by atoms with Gasteiger partial charge in [0.1, 0.15) is 0 Å². The molecule has 0 aliphatic carbocycles. The van der Waals surface area contributed by atoms with Crippen LogP contribution in [-0.4, -0.2) is 50.8 Å². The molecule has 1 aliphatic rings. The van der Waals surface area contributed by atoms with Gasteiger partial charge >= 0.3 is 6.18 Å². The molecule has 0 amide bonds. The van der Waals surface area contributed by atoms with Crippen LogP contribution in [0.5, 0.6) is 0 Å². The van der Waals surface area contributed by atoms with Crippen molar-refractivity contribution in [1.82, 2.24) is 24.7 Å². The largest absolute Gasteiger partial charge is 0.453 e. The van der Waals surface area contributed by atoms with Crippen LogP contribution in [0.1, 0.15) is 35.2 Å². The van der Waals surface area contributed by atoms with Crippen LogP contribution >= 0.6 is 12.2 Å². The minimum Gasteiger partial charge on any atom is -0.265 e. The second-order valence-electron chi connectivity index (χ2n) is 5.99. The first kappa shape index (κ1) is 18.8. The van der Waals surface area contributed by atoms with Crippen LogP contribution in [0.2, 0.25) is 0 Å². The highest BCUT2D eigenvalue weighted by Crippen LogP contribution is 2.28. The molecular weight excluding hydrogens is 393 g/mol. The summed E-state index contributed by atoms with van der Waals surface area (Å²) < 4.78 is 63.9. The van der Waals surface area contributed by atoms with Crippen molar-refractivity contribution in [2.24, 2.45) is 5.10 Å². The molecule has 1 aliphatic heterocycles. The maximum Gasteiger partial charge on any atom is 0.453 e. The molecule has 3 heterocycles. The Bertz CT molecular complexity index is 1030. The summed E-state index contributed by atoms with van der Waals surface area (Å²) in [5, 5.41) is 13.3. The molecule has 26 heavy (non-hydrogen) atoms. The van der Waals surface area contributed by atoms with E-state index in [-0.39, 0.29) is 22.3 Å². The van der Waals surface area contributed by atoms with Crippen LogP contribution in [0, 0.1) is 18.6 Å². The maximum absolute atomic E-state index is 12.9. The number of aryl methyl sites for hydroxylation is 1. The Morgan fingerprint density at radius 1 is 1.38 bits per heavy atom. The van der Waals surface area contributed by atoms with Gasteiger partial charge in [-0.3, -0.25) is 4.68 Å². The maximum atomic E-state index is 12.9. The van der Waals surface area contributed by atoms with Gasteiger partial charge in [-0.25, -0.2) is 13.5 Å². The van der Waals surface area contributed by atoms with Gasteiger partial charge in [0.25, 0.3) is 5.82 Å². The third-order valence-corrected chi connectivity index (χ3v) is 6.16. The van der Waals surface area contributed by atoms with E-state index in [1.54, 1.807) is 18.5 Å². The molecule has 0 aromatic carbocycles. The summed E-state index contributed by atoms with van der Waals surface area (Å²) >= 11 is 4.78. The molecule has 0 radical (unpaired) electrons. The van der Waals surface area contributed by atoms with Gasteiger partial charge in [-0.15, -0.1) is 5.10 Å². The monoisotopic (exact) mass is 408 g/mol. The van der Waals surface area contributed by atoms with E-state index in [0.717, 1.165) is 0 Å². The number of nitrogens with one attached hydrogen (secondary N) is 1. The molecule has 0 unspecified atom stereocenters.